The molecule has 6 heteroatoms. The number of likely N-dealkylation sites (tertiary alicyclic amines) is 1. The van der Waals surface area contributed by atoms with Crippen molar-refractivity contribution in [2.75, 3.05) is 13.1 Å². The van der Waals surface area contributed by atoms with Crippen LogP contribution < -0.4 is 5.56 Å². The lowest BCUT2D eigenvalue weighted by molar-refractivity contribution is -0.132. The normalized spacial score (nSPS) is 15.4. The van der Waals surface area contributed by atoms with Crippen molar-refractivity contribution < 1.29 is 4.79 Å². The van der Waals surface area contributed by atoms with Crippen LogP contribution in [-0.2, 0) is 11.3 Å². The van der Waals surface area contributed by atoms with Gasteiger partial charge in [-0.2, -0.15) is 0 Å². The number of carbonyl (C=O) groups excluding carboxylic acids is 1. The summed E-state index contributed by atoms with van der Waals surface area (Å²) in [6.07, 6.45) is 8.00. The lowest BCUT2D eigenvalue weighted by Gasteiger charge is -2.33. The van der Waals surface area contributed by atoms with E-state index in [4.69, 9.17) is 0 Å². The summed E-state index contributed by atoms with van der Waals surface area (Å²) in [5.74, 6) is 0.109. The topological polar surface area (TPSA) is 60.1 Å². The quantitative estimate of drug-likeness (QED) is 0.715. The maximum atomic E-state index is 12.6. The van der Waals surface area contributed by atoms with Crippen LogP contribution in [0.2, 0.25) is 0 Å². The molecule has 3 heterocycles. The zero-order valence-corrected chi connectivity index (χ0v) is 15.5. The van der Waals surface area contributed by atoms with E-state index in [0.717, 1.165) is 37.0 Å². The molecule has 0 N–H and O–H groups in total. The first-order valence-electron chi connectivity index (χ1n) is 9.48. The molecule has 0 bridgehead atoms. The Morgan fingerprint density at radius 1 is 1.15 bits per heavy atom. The Balaban J connectivity index is 1.38. The summed E-state index contributed by atoms with van der Waals surface area (Å²) >= 11 is 0. The standard InChI is InChI=1S/C21H24N4O2/c1-16-5-4-6-18-20(16)22-15-25(21(18)27)14-9-19(26)24-12-7-17(8-13-24)23-10-2-3-11-23/h2-6,10-11,15,17H,7-9,12-14H2,1H3. The molecule has 0 atom stereocenters. The van der Waals surface area contributed by atoms with Gasteiger partial charge in [0.2, 0.25) is 5.91 Å². The van der Waals surface area contributed by atoms with E-state index in [2.05, 4.69) is 21.9 Å². The van der Waals surface area contributed by atoms with Crippen molar-refractivity contribution in [1.29, 1.82) is 0 Å². The minimum atomic E-state index is -0.0807. The van der Waals surface area contributed by atoms with Gasteiger partial charge in [-0.3, -0.25) is 14.2 Å². The molecule has 0 unspecified atom stereocenters. The number of aryl methyl sites for hydroxylation is 2. The van der Waals surface area contributed by atoms with Crippen molar-refractivity contribution in [2.24, 2.45) is 0 Å². The Hall–Kier alpha value is -2.89. The van der Waals surface area contributed by atoms with E-state index in [1.165, 1.54) is 0 Å². The fourth-order valence-electron chi connectivity index (χ4n) is 3.88. The number of benzene rings is 1. The van der Waals surface area contributed by atoms with Gasteiger partial charge in [0.1, 0.15) is 0 Å². The van der Waals surface area contributed by atoms with E-state index in [1.807, 2.05) is 36.1 Å². The number of aromatic nitrogens is 3. The van der Waals surface area contributed by atoms with Crippen molar-refractivity contribution in [3.05, 3.63) is 65.0 Å². The number of carbonyl (C=O) groups is 1. The highest BCUT2D eigenvalue weighted by atomic mass is 16.2. The molecule has 1 fully saturated rings. The lowest BCUT2D eigenvalue weighted by Crippen LogP contribution is -2.39. The summed E-state index contributed by atoms with van der Waals surface area (Å²) in [7, 11) is 0. The second-order valence-corrected chi connectivity index (χ2v) is 7.21. The van der Waals surface area contributed by atoms with Crippen LogP contribution in [0.5, 0.6) is 0 Å². The highest BCUT2D eigenvalue weighted by Gasteiger charge is 2.23. The number of rotatable bonds is 4. The number of amides is 1. The van der Waals surface area contributed by atoms with E-state index < -0.39 is 0 Å². The van der Waals surface area contributed by atoms with Gasteiger partial charge in [0.15, 0.2) is 0 Å². The molecule has 3 aromatic rings. The second kappa shape index (κ2) is 7.39. The molecule has 27 heavy (non-hydrogen) atoms. The SMILES string of the molecule is Cc1cccc2c(=O)n(CCC(=O)N3CCC(n4cccc4)CC3)cnc12. The average Bonchev–Trinajstić information content (AvgIpc) is 3.23. The number of hydrogen-bond acceptors (Lipinski definition) is 3. The first-order valence-corrected chi connectivity index (χ1v) is 9.48. The van der Waals surface area contributed by atoms with E-state index in [-0.39, 0.29) is 11.5 Å². The molecular weight excluding hydrogens is 340 g/mol. The lowest BCUT2D eigenvalue weighted by atomic mass is 10.0. The van der Waals surface area contributed by atoms with Crippen molar-refractivity contribution >= 4 is 16.8 Å². The van der Waals surface area contributed by atoms with Crippen molar-refractivity contribution in [3.8, 4) is 0 Å². The first kappa shape index (κ1) is 17.5. The van der Waals surface area contributed by atoms with Gasteiger partial charge in [0.05, 0.1) is 17.2 Å². The summed E-state index contributed by atoms with van der Waals surface area (Å²) in [6, 6.07) is 10.1. The molecule has 1 aliphatic heterocycles. The van der Waals surface area contributed by atoms with Crippen molar-refractivity contribution in [2.45, 2.75) is 38.8 Å². The van der Waals surface area contributed by atoms with Crippen LogP contribution in [0.3, 0.4) is 0 Å². The number of para-hydroxylation sites is 1. The minimum Gasteiger partial charge on any atom is -0.351 e. The predicted octanol–water partition coefficient (Wildman–Crippen LogP) is 2.76. The minimum absolute atomic E-state index is 0.0807. The average molecular weight is 364 g/mol. The Bertz CT molecular complexity index is 999. The third-order valence-electron chi connectivity index (χ3n) is 5.49. The molecule has 1 amide bonds. The van der Waals surface area contributed by atoms with Gasteiger partial charge in [-0.05, 0) is 43.5 Å². The van der Waals surface area contributed by atoms with Gasteiger partial charge >= 0.3 is 0 Å². The number of nitrogens with zero attached hydrogens (tertiary/aromatic N) is 4. The van der Waals surface area contributed by atoms with Crippen molar-refractivity contribution in [1.82, 2.24) is 19.0 Å². The second-order valence-electron chi connectivity index (χ2n) is 7.21. The smallest absolute Gasteiger partial charge is 0.261 e. The highest BCUT2D eigenvalue weighted by molar-refractivity contribution is 5.80. The van der Waals surface area contributed by atoms with Crippen LogP contribution in [-0.4, -0.2) is 38.0 Å². The largest absolute Gasteiger partial charge is 0.351 e. The van der Waals surface area contributed by atoms with Gasteiger partial charge in [-0.25, -0.2) is 4.98 Å². The van der Waals surface area contributed by atoms with E-state index >= 15 is 0 Å². The summed E-state index contributed by atoms with van der Waals surface area (Å²) < 4.78 is 3.77. The van der Waals surface area contributed by atoms with Gasteiger partial charge in [0, 0.05) is 44.5 Å². The van der Waals surface area contributed by atoms with Gasteiger partial charge in [-0.15, -0.1) is 0 Å². The molecule has 140 valence electrons. The Kier molecular flexibility index (Phi) is 4.79. The molecule has 0 spiro atoms. The van der Waals surface area contributed by atoms with Gasteiger partial charge < -0.3 is 9.47 Å². The van der Waals surface area contributed by atoms with E-state index in [9.17, 15) is 9.59 Å². The number of hydrogen-bond donors (Lipinski definition) is 0. The highest BCUT2D eigenvalue weighted by Crippen LogP contribution is 2.22. The maximum Gasteiger partial charge on any atom is 0.261 e. The van der Waals surface area contributed by atoms with E-state index in [0.29, 0.717) is 24.4 Å². The van der Waals surface area contributed by atoms with E-state index in [1.54, 1.807) is 17.0 Å². The summed E-state index contributed by atoms with van der Waals surface area (Å²) in [6.45, 7) is 3.85. The summed E-state index contributed by atoms with van der Waals surface area (Å²) in [5.41, 5.74) is 1.64. The molecule has 1 aliphatic rings. The van der Waals surface area contributed by atoms with Crippen molar-refractivity contribution in [3.63, 3.8) is 0 Å². The number of fused-ring (bicyclic) bond motifs is 1. The Morgan fingerprint density at radius 3 is 2.63 bits per heavy atom. The molecule has 2 aromatic heterocycles. The maximum absolute atomic E-state index is 12.6. The van der Waals surface area contributed by atoms with Crippen LogP contribution in [0.1, 0.15) is 30.9 Å². The molecule has 0 saturated carbocycles. The molecular formula is C21H24N4O2. The van der Waals surface area contributed by atoms with Gasteiger partial charge in [-0.1, -0.05) is 12.1 Å². The fourth-order valence-corrected chi connectivity index (χ4v) is 3.88. The van der Waals surface area contributed by atoms with Gasteiger partial charge in [0.25, 0.3) is 5.56 Å². The molecule has 0 radical (unpaired) electrons. The van der Waals surface area contributed by atoms with Crippen LogP contribution >= 0.6 is 0 Å². The molecule has 0 aliphatic carbocycles. The number of piperidine rings is 1. The fraction of sp³-hybridized carbons (Fsp3) is 0.381. The zero-order chi connectivity index (χ0) is 18.8. The van der Waals surface area contributed by atoms with Crippen LogP contribution in [0.25, 0.3) is 10.9 Å². The Morgan fingerprint density at radius 2 is 1.89 bits per heavy atom. The molecule has 4 rings (SSSR count). The first-order chi connectivity index (χ1) is 13.1. The third kappa shape index (κ3) is 3.52. The summed E-state index contributed by atoms with van der Waals surface area (Å²) in [4.78, 5) is 31.5. The van der Waals surface area contributed by atoms with Crippen LogP contribution in [0, 0.1) is 6.92 Å². The summed E-state index contributed by atoms with van der Waals surface area (Å²) in [5, 5.41) is 0.609. The Labute approximate surface area is 158 Å². The third-order valence-corrected chi connectivity index (χ3v) is 5.49. The molecule has 6 nitrogen and oxygen atoms in total. The zero-order valence-electron chi connectivity index (χ0n) is 15.5. The molecule has 1 aromatic carbocycles. The predicted molar refractivity (Wildman–Crippen MR) is 105 cm³/mol. The van der Waals surface area contributed by atoms with Crippen LogP contribution in [0.4, 0.5) is 0 Å². The van der Waals surface area contributed by atoms with Crippen LogP contribution in [0.15, 0.2) is 53.8 Å². The monoisotopic (exact) mass is 364 g/mol. The molecule has 1 saturated heterocycles.